The van der Waals surface area contributed by atoms with Gasteiger partial charge in [0.1, 0.15) is 0 Å². The van der Waals surface area contributed by atoms with Gasteiger partial charge in [0.2, 0.25) is 0 Å². The number of halogens is 1. The summed E-state index contributed by atoms with van der Waals surface area (Å²) >= 11 is 3.51. The van der Waals surface area contributed by atoms with E-state index in [1.54, 1.807) is 7.05 Å². The zero-order chi connectivity index (χ0) is 14.8. The van der Waals surface area contributed by atoms with Crippen LogP contribution in [0.5, 0.6) is 0 Å². The van der Waals surface area contributed by atoms with Gasteiger partial charge in [0.15, 0.2) is 6.17 Å². The first kappa shape index (κ1) is 14.1. The van der Waals surface area contributed by atoms with E-state index in [1.807, 2.05) is 6.08 Å². The Morgan fingerprint density at radius 2 is 2.25 bits per heavy atom. The number of nitrogens with zero attached hydrogens (tertiary/aromatic N) is 1. The molecule has 2 aliphatic rings. The summed E-state index contributed by atoms with van der Waals surface area (Å²) in [5, 5.41) is 16.4. The molecule has 0 bridgehead atoms. The number of hydrogen-bond donors (Lipinski definition) is 1. The van der Waals surface area contributed by atoms with E-state index in [-0.39, 0.29) is 21.6 Å². The Hall–Kier alpha value is -0.840. The Balaban J connectivity index is 2.25. The van der Waals surface area contributed by atoms with Gasteiger partial charge in [0, 0.05) is 16.6 Å². The molecule has 4 heteroatoms. The average Bonchev–Trinajstić information content (AvgIpc) is 2.84. The van der Waals surface area contributed by atoms with Gasteiger partial charge >= 0.3 is 0 Å². The lowest BCUT2D eigenvalue weighted by Gasteiger charge is -2.47. The monoisotopic (exact) mass is 336 g/mol. The fourth-order valence-corrected chi connectivity index (χ4v) is 4.41. The van der Waals surface area contributed by atoms with Gasteiger partial charge in [-0.2, -0.15) is 0 Å². The molecule has 1 aromatic carbocycles. The molecule has 0 aliphatic carbocycles. The summed E-state index contributed by atoms with van der Waals surface area (Å²) in [5.74, 6) is 0. The van der Waals surface area contributed by atoms with Crippen molar-refractivity contribution in [3.63, 3.8) is 0 Å². The largest absolute Gasteiger partial charge is 0.631 e. The first-order chi connectivity index (χ1) is 9.24. The number of hydroxylamine groups is 3. The van der Waals surface area contributed by atoms with Crippen molar-refractivity contribution in [2.75, 3.05) is 18.9 Å². The van der Waals surface area contributed by atoms with Gasteiger partial charge in [-0.15, -0.1) is 6.58 Å². The minimum atomic E-state index is -0.233. The third-order valence-corrected chi connectivity index (χ3v) is 5.87. The number of quaternary nitrogens is 1. The second kappa shape index (κ2) is 4.09. The molecule has 1 saturated heterocycles. The van der Waals surface area contributed by atoms with Crippen molar-refractivity contribution in [3.05, 3.63) is 46.1 Å². The Morgan fingerprint density at radius 3 is 2.90 bits per heavy atom. The van der Waals surface area contributed by atoms with Crippen LogP contribution in [0.1, 0.15) is 25.8 Å². The summed E-state index contributed by atoms with van der Waals surface area (Å²) in [5.41, 5.74) is 2.03. The van der Waals surface area contributed by atoms with E-state index in [1.165, 1.54) is 5.56 Å². The quantitative estimate of drug-likeness (QED) is 0.503. The number of rotatable bonds is 2. The van der Waals surface area contributed by atoms with Gasteiger partial charge < -0.3 is 15.2 Å². The predicted molar refractivity (Wildman–Crippen MR) is 86.2 cm³/mol. The normalized spacial score (nSPS) is 35.4. The molecule has 20 heavy (non-hydrogen) atoms. The maximum absolute atomic E-state index is 12.9. The Labute approximate surface area is 129 Å². The number of fused-ring (bicyclic) bond motifs is 3. The molecule has 0 aromatic heterocycles. The Kier molecular flexibility index (Phi) is 2.89. The van der Waals surface area contributed by atoms with Crippen LogP contribution in [-0.2, 0) is 5.41 Å². The van der Waals surface area contributed by atoms with Crippen molar-refractivity contribution in [1.29, 1.82) is 0 Å². The van der Waals surface area contributed by atoms with Crippen molar-refractivity contribution in [2.45, 2.75) is 31.8 Å². The number of likely N-dealkylation sites (tertiary alicyclic amines) is 1. The van der Waals surface area contributed by atoms with Crippen LogP contribution in [0.2, 0.25) is 0 Å². The molecule has 3 rings (SSSR count). The summed E-state index contributed by atoms with van der Waals surface area (Å²) < 4.78 is 0.805. The molecular weight excluding hydrogens is 316 g/mol. The molecule has 108 valence electrons. The number of nitrogens with one attached hydrogen (secondary N) is 1. The highest BCUT2D eigenvalue weighted by Gasteiger charge is 2.64. The molecule has 2 aliphatic heterocycles. The fourth-order valence-electron chi connectivity index (χ4n) is 4.05. The number of anilines is 1. The van der Waals surface area contributed by atoms with E-state index in [0.29, 0.717) is 6.54 Å². The van der Waals surface area contributed by atoms with Crippen LogP contribution in [0.4, 0.5) is 5.69 Å². The van der Waals surface area contributed by atoms with Gasteiger partial charge in [-0.1, -0.05) is 41.9 Å². The lowest BCUT2D eigenvalue weighted by molar-refractivity contribution is -0.871. The predicted octanol–water partition coefficient (Wildman–Crippen LogP) is 4.00. The lowest BCUT2D eigenvalue weighted by atomic mass is 9.61. The summed E-state index contributed by atoms with van der Waals surface area (Å²) in [6.45, 7) is 9.05. The van der Waals surface area contributed by atoms with Gasteiger partial charge in [-0.05, 0) is 23.1 Å². The minimum absolute atomic E-state index is 0.135. The molecule has 0 spiro atoms. The van der Waals surface area contributed by atoms with Crippen molar-refractivity contribution in [3.8, 4) is 0 Å². The SMILES string of the molecule is C=CC(C)(C)[C@@]12CC[N+](C)([O-])[C@@H]1Nc1cc(Br)ccc12. The zero-order valence-corrected chi connectivity index (χ0v) is 13.8. The molecule has 3 nitrogen and oxygen atoms in total. The number of hydrogen-bond acceptors (Lipinski definition) is 2. The van der Waals surface area contributed by atoms with Crippen LogP contribution in [0.25, 0.3) is 0 Å². The highest BCUT2D eigenvalue weighted by molar-refractivity contribution is 9.10. The molecule has 3 atom stereocenters. The fraction of sp³-hybridized carbons (Fsp3) is 0.500. The Morgan fingerprint density at radius 1 is 1.55 bits per heavy atom. The summed E-state index contributed by atoms with van der Waals surface area (Å²) in [6, 6.07) is 6.30. The van der Waals surface area contributed by atoms with Crippen LogP contribution in [-0.4, -0.2) is 24.4 Å². The smallest absolute Gasteiger partial charge is 0.172 e. The van der Waals surface area contributed by atoms with Crippen molar-refractivity contribution < 1.29 is 4.65 Å². The van der Waals surface area contributed by atoms with Gasteiger partial charge in [-0.3, -0.25) is 0 Å². The maximum Gasteiger partial charge on any atom is 0.172 e. The van der Waals surface area contributed by atoms with Crippen molar-refractivity contribution in [1.82, 2.24) is 0 Å². The first-order valence-electron chi connectivity index (χ1n) is 7.01. The van der Waals surface area contributed by atoms with Crippen LogP contribution in [0.15, 0.2) is 35.3 Å². The lowest BCUT2D eigenvalue weighted by Crippen LogP contribution is -2.55. The molecule has 1 aromatic rings. The molecule has 0 radical (unpaired) electrons. The van der Waals surface area contributed by atoms with Crippen LogP contribution < -0.4 is 5.32 Å². The molecule has 0 amide bonds. The van der Waals surface area contributed by atoms with E-state index < -0.39 is 0 Å². The van der Waals surface area contributed by atoms with Gasteiger partial charge in [0.25, 0.3) is 0 Å². The third kappa shape index (κ3) is 1.59. The zero-order valence-electron chi connectivity index (χ0n) is 12.2. The second-order valence-electron chi connectivity index (χ2n) is 6.78. The molecule has 0 saturated carbocycles. The van der Waals surface area contributed by atoms with Gasteiger partial charge in [-0.25, -0.2) is 0 Å². The van der Waals surface area contributed by atoms with E-state index in [4.69, 9.17) is 0 Å². The average molecular weight is 337 g/mol. The van der Waals surface area contributed by atoms with Crippen LogP contribution in [0.3, 0.4) is 0 Å². The number of benzene rings is 1. The summed E-state index contributed by atoms with van der Waals surface area (Å²) in [4.78, 5) is 0. The first-order valence-corrected chi connectivity index (χ1v) is 7.80. The minimum Gasteiger partial charge on any atom is -0.631 e. The van der Waals surface area contributed by atoms with Crippen molar-refractivity contribution >= 4 is 21.6 Å². The van der Waals surface area contributed by atoms with E-state index in [0.717, 1.165) is 16.6 Å². The third-order valence-electron chi connectivity index (χ3n) is 5.38. The summed E-state index contributed by atoms with van der Waals surface area (Å²) in [7, 11) is 1.78. The van der Waals surface area contributed by atoms with Crippen molar-refractivity contribution in [2.24, 2.45) is 5.41 Å². The highest BCUT2D eigenvalue weighted by Crippen LogP contribution is 2.59. The standard InChI is InChI=1S/C16H21BrN2O/c1-5-15(2,3)16-8-9-19(4,20)14(16)18-13-10-11(17)6-7-12(13)16/h5-7,10,14,18H,1,8-9H2,2-4H3/t14-,16+,19?/m0/s1. The number of allylic oxidation sites excluding steroid dienone is 1. The summed E-state index contributed by atoms with van der Waals surface area (Å²) in [6.07, 6.45) is 2.75. The molecule has 1 N–H and O–H groups in total. The van der Waals surface area contributed by atoms with Gasteiger partial charge in [0.05, 0.1) is 19.0 Å². The second-order valence-corrected chi connectivity index (χ2v) is 7.70. The molecule has 2 heterocycles. The topological polar surface area (TPSA) is 35.1 Å². The molecule has 1 fully saturated rings. The highest BCUT2D eigenvalue weighted by atomic mass is 79.9. The van der Waals surface area contributed by atoms with E-state index in [9.17, 15) is 5.21 Å². The van der Waals surface area contributed by atoms with E-state index in [2.05, 4.69) is 59.9 Å². The molecular formula is C16H21BrN2O. The molecule has 1 unspecified atom stereocenters. The van der Waals surface area contributed by atoms with Crippen LogP contribution in [0, 0.1) is 10.6 Å². The van der Waals surface area contributed by atoms with Crippen LogP contribution >= 0.6 is 15.9 Å². The number of likely N-dealkylation sites (N-methyl/N-ethyl adjacent to an activating group) is 1. The van der Waals surface area contributed by atoms with E-state index >= 15 is 0 Å². The maximum atomic E-state index is 12.9. The Bertz CT molecular complexity index is 582.